The summed E-state index contributed by atoms with van der Waals surface area (Å²) in [5.74, 6) is -0.506. The minimum Gasteiger partial charge on any atom is -0.369 e. The second-order valence-corrected chi connectivity index (χ2v) is 8.65. The molecule has 0 N–H and O–H groups in total. The number of piperazine rings is 1. The zero-order valence-corrected chi connectivity index (χ0v) is 16.8. The molecule has 1 aliphatic heterocycles. The highest BCUT2D eigenvalue weighted by Gasteiger charge is 2.29. The van der Waals surface area contributed by atoms with Crippen LogP contribution in [0, 0.1) is 5.82 Å². The van der Waals surface area contributed by atoms with E-state index < -0.39 is 10.0 Å². The third kappa shape index (κ3) is 4.18. The number of sulfonamides is 1. The predicted molar refractivity (Wildman–Crippen MR) is 106 cm³/mol. The van der Waals surface area contributed by atoms with Gasteiger partial charge in [-0.15, -0.1) is 0 Å². The van der Waals surface area contributed by atoms with E-state index in [-0.39, 0.29) is 16.6 Å². The highest BCUT2D eigenvalue weighted by Crippen LogP contribution is 2.22. The lowest BCUT2D eigenvalue weighted by Gasteiger charge is -2.35. The van der Waals surface area contributed by atoms with Crippen molar-refractivity contribution in [2.75, 3.05) is 44.7 Å². The number of halogens is 1. The Bertz CT molecular complexity index is 939. The lowest BCUT2D eigenvalue weighted by Crippen LogP contribution is -2.48. The third-order valence-electron chi connectivity index (χ3n) is 4.97. The molecule has 1 amide bonds. The van der Waals surface area contributed by atoms with E-state index in [1.807, 2.05) is 11.8 Å². The SMILES string of the molecule is CCN(C)C(=O)c1cccc(S(=O)(=O)N2CCN(c3ccc(F)cc3)CC2)c1. The summed E-state index contributed by atoms with van der Waals surface area (Å²) in [5, 5.41) is 0. The van der Waals surface area contributed by atoms with Crippen molar-refractivity contribution < 1.29 is 17.6 Å². The summed E-state index contributed by atoms with van der Waals surface area (Å²) in [5.41, 5.74) is 1.23. The molecule has 0 aromatic heterocycles. The zero-order valence-electron chi connectivity index (χ0n) is 16.0. The average Bonchev–Trinajstić information content (AvgIpc) is 2.73. The van der Waals surface area contributed by atoms with E-state index in [1.165, 1.54) is 33.5 Å². The van der Waals surface area contributed by atoms with Crippen molar-refractivity contribution in [1.82, 2.24) is 9.21 Å². The van der Waals surface area contributed by atoms with Gasteiger partial charge in [-0.3, -0.25) is 4.79 Å². The molecule has 3 rings (SSSR count). The maximum absolute atomic E-state index is 13.1. The molecule has 2 aromatic carbocycles. The Balaban J connectivity index is 1.74. The first-order valence-corrected chi connectivity index (χ1v) is 10.6. The number of hydrogen-bond acceptors (Lipinski definition) is 4. The lowest BCUT2D eigenvalue weighted by atomic mass is 10.2. The molecule has 2 aromatic rings. The first-order chi connectivity index (χ1) is 13.3. The van der Waals surface area contributed by atoms with Crippen LogP contribution in [0.25, 0.3) is 0 Å². The normalized spacial score (nSPS) is 15.5. The van der Waals surface area contributed by atoms with Gasteiger partial charge >= 0.3 is 0 Å². The fourth-order valence-corrected chi connectivity index (χ4v) is 4.61. The molecular weight excluding hydrogens is 381 g/mol. The monoisotopic (exact) mass is 405 g/mol. The molecule has 1 aliphatic rings. The van der Waals surface area contributed by atoms with Gasteiger partial charge in [-0.1, -0.05) is 6.07 Å². The molecule has 8 heteroatoms. The van der Waals surface area contributed by atoms with Crippen LogP contribution < -0.4 is 4.90 Å². The van der Waals surface area contributed by atoms with Gasteiger partial charge in [0.1, 0.15) is 5.82 Å². The maximum Gasteiger partial charge on any atom is 0.253 e. The van der Waals surface area contributed by atoms with E-state index in [4.69, 9.17) is 0 Å². The van der Waals surface area contributed by atoms with Crippen molar-refractivity contribution in [3.8, 4) is 0 Å². The van der Waals surface area contributed by atoms with Gasteiger partial charge in [0.2, 0.25) is 10.0 Å². The molecule has 0 bridgehead atoms. The largest absolute Gasteiger partial charge is 0.369 e. The second kappa shape index (κ2) is 8.28. The molecular formula is C20H24FN3O3S. The number of carbonyl (C=O) groups is 1. The van der Waals surface area contributed by atoms with E-state index in [1.54, 1.807) is 31.3 Å². The molecule has 6 nitrogen and oxygen atoms in total. The van der Waals surface area contributed by atoms with Gasteiger partial charge in [0.15, 0.2) is 0 Å². The van der Waals surface area contributed by atoms with Crippen molar-refractivity contribution in [3.05, 3.63) is 59.9 Å². The van der Waals surface area contributed by atoms with E-state index >= 15 is 0 Å². The molecule has 0 spiro atoms. The van der Waals surface area contributed by atoms with Crippen LogP contribution in [0.1, 0.15) is 17.3 Å². The Morgan fingerprint density at radius 2 is 1.71 bits per heavy atom. The van der Waals surface area contributed by atoms with Gasteiger partial charge in [0.25, 0.3) is 5.91 Å². The highest BCUT2D eigenvalue weighted by molar-refractivity contribution is 7.89. The second-order valence-electron chi connectivity index (χ2n) is 6.71. The van der Waals surface area contributed by atoms with Gasteiger partial charge in [-0.2, -0.15) is 4.31 Å². The van der Waals surface area contributed by atoms with Crippen LogP contribution in [0.5, 0.6) is 0 Å². The number of nitrogens with zero attached hydrogens (tertiary/aromatic N) is 3. The number of amides is 1. The van der Waals surface area contributed by atoms with E-state index in [0.717, 1.165) is 5.69 Å². The summed E-state index contributed by atoms with van der Waals surface area (Å²) in [6.45, 7) is 4.09. The van der Waals surface area contributed by atoms with Gasteiger partial charge in [0, 0.05) is 51.0 Å². The lowest BCUT2D eigenvalue weighted by molar-refractivity contribution is 0.0802. The Morgan fingerprint density at radius 1 is 1.07 bits per heavy atom. The first kappa shape index (κ1) is 20.3. The smallest absolute Gasteiger partial charge is 0.253 e. The molecule has 1 fully saturated rings. The van der Waals surface area contributed by atoms with E-state index in [0.29, 0.717) is 38.3 Å². The minimum absolute atomic E-state index is 0.123. The topological polar surface area (TPSA) is 60.9 Å². The molecule has 1 heterocycles. The van der Waals surface area contributed by atoms with Gasteiger partial charge in [-0.25, -0.2) is 12.8 Å². The number of hydrogen-bond donors (Lipinski definition) is 0. The molecule has 0 atom stereocenters. The number of rotatable bonds is 5. The number of anilines is 1. The third-order valence-corrected chi connectivity index (χ3v) is 6.86. The Morgan fingerprint density at radius 3 is 2.32 bits per heavy atom. The summed E-state index contributed by atoms with van der Waals surface area (Å²) in [7, 11) is -2.01. The van der Waals surface area contributed by atoms with Gasteiger partial charge < -0.3 is 9.80 Å². The molecule has 0 aliphatic carbocycles. The molecule has 1 saturated heterocycles. The standard InChI is InChI=1S/C20H24FN3O3S/c1-3-22(2)20(25)16-5-4-6-19(15-16)28(26,27)24-13-11-23(12-14-24)18-9-7-17(21)8-10-18/h4-10,15H,3,11-14H2,1-2H3. The highest BCUT2D eigenvalue weighted by atomic mass is 32.2. The van der Waals surface area contributed by atoms with Crippen LogP contribution in [0.3, 0.4) is 0 Å². The summed E-state index contributed by atoms with van der Waals surface area (Å²) < 4.78 is 40.6. The summed E-state index contributed by atoms with van der Waals surface area (Å²) >= 11 is 0. The summed E-state index contributed by atoms with van der Waals surface area (Å²) in [6, 6.07) is 12.4. The predicted octanol–water partition coefficient (Wildman–Crippen LogP) is 2.43. The zero-order chi connectivity index (χ0) is 20.3. The fraction of sp³-hybridized carbons (Fsp3) is 0.350. The van der Waals surface area contributed by atoms with Crippen LogP contribution in [0.15, 0.2) is 53.4 Å². The Kier molecular flexibility index (Phi) is 6.00. The average molecular weight is 405 g/mol. The maximum atomic E-state index is 13.1. The van der Waals surface area contributed by atoms with Crippen LogP contribution >= 0.6 is 0 Å². The van der Waals surface area contributed by atoms with Crippen molar-refractivity contribution in [1.29, 1.82) is 0 Å². The summed E-state index contributed by atoms with van der Waals surface area (Å²) in [6.07, 6.45) is 0. The van der Waals surface area contributed by atoms with Crippen LogP contribution in [-0.4, -0.2) is 63.3 Å². The van der Waals surface area contributed by atoms with Crippen molar-refractivity contribution in [2.45, 2.75) is 11.8 Å². The van der Waals surface area contributed by atoms with E-state index in [2.05, 4.69) is 0 Å². The van der Waals surface area contributed by atoms with Crippen molar-refractivity contribution in [2.24, 2.45) is 0 Å². The molecule has 0 saturated carbocycles. The number of benzene rings is 2. The van der Waals surface area contributed by atoms with Crippen molar-refractivity contribution in [3.63, 3.8) is 0 Å². The fourth-order valence-electron chi connectivity index (χ4n) is 3.14. The molecule has 0 radical (unpaired) electrons. The Hall–Kier alpha value is -2.45. The summed E-state index contributed by atoms with van der Waals surface area (Å²) in [4.78, 5) is 16.0. The molecule has 150 valence electrons. The minimum atomic E-state index is -3.69. The van der Waals surface area contributed by atoms with Crippen LogP contribution in [0.4, 0.5) is 10.1 Å². The molecule has 28 heavy (non-hydrogen) atoms. The quantitative estimate of drug-likeness (QED) is 0.767. The number of carbonyl (C=O) groups excluding carboxylic acids is 1. The van der Waals surface area contributed by atoms with Crippen LogP contribution in [-0.2, 0) is 10.0 Å². The van der Waals surface area contributed by atoms with E-state index in [9.17, 15) is 17.6 Å². The first-order valence-electron chi connectivity index (χ1n) is 9.19. The molecule has 0 unspecified atom stereocenters. The van der Waals surface area contributed by atoms with Crippen LogP contribution in [0.2, 0.25) is 0 Å². The van der Waals surface area contributed by atoms with Crippen molar-refractivity contribution >= 4 is 21.6 Å². The van der Waals surface area contributed by atoms with Gasteiger partial charge in [0.05, 0.1) is 4.90 Å². The van der Waals surface area contributed by atoms with Gasteiger partial charge in [-0.05, 0) is 49.4 Å². The Labute approximate surface area is 165 Å².